The van der Waals surface area contributed by atoms with Gasteiger partial charge in [0.15, 0.2) is 5.96 Å². The second kappa shape index (κ2) is 9.31. The number of hydrogen-bond acceptors (Lipinski definition) is 2. The molecule has 26 heavy (non-hydrogen) atoms. The van der Waals surface area contributed by atoms with Crippen LogP contribution in [0.25, 0.3) is 0 Å². The number of nitrogens with zero attached hydrogens (tertiary/aromatic N) is 2. The lowest BCUT2D eigenvalue weighted by Crippen LogP contribution is -2.47. The fourth-order valence-electron chi connectivity index (χ4n) is 3.87. The SMILES string of the molecule is CN=C(NCc1cc(F)ccc1F)N1CCC(OCC2CCCC2)CC1. The first-order chi connectivity index (χ1) is 12.7. The van der Waals surface area contributed by atoms with Crippen LogP contribution >= 0.6 is 0 Å². The first kappa shape index (κ1) is 19.1. The van der Waals surface area contributed by atoms with Gasteiger partial charge in [-0.05, 0) is 49.8 Å². The fraction of sp³-hybridized carbons (Fsp3) is 0.650. The van der Waals surface area contributed by atoms with E-state index in [1.165, 1.54) is 31.7 Å². The molecule has 1 N–H and O–H groups in total. The van der Waals surface area contributed by atoms with Gasteiger partial charge in [0, 0.05) is 38.9 Å². The van der Waals surface area contributed by atoms with Gasteiger partial charge in [0.1, 0.15) is 11.6 Å². The zero-order valence-electron chi connectivity index (χ0n) is 15.5. The molecule has 1 saturated carbocycles. The third-order valence-electron chi connectivity index (χ3n) is 5.44. The molecule has 0 bridgehead atoms. The van der Waals surface area contributed by atoms with E-state index in [1.54, 1.807) is 7.05 Å². The molecule has 1 heterocycles. The molecule has 1 saturated heterocycles. The average Bonchev–Trinajstić information content (AvgIpc) is 3.18. The molecule has 0 spiro atoms. The molecular weight excluding hydrogens is 336 g/mol. The van der Waals surface area contributed by atoms with Crippen LogP contribution in [0.1, 0.15) is 44.1 Å². The van der Waals surface area contributed by atoms with Crippen molar-refractivity contribution in [1.82, 2.24) is 10.2 Å². The highest BCUT2D eigenvalue weighted by atomic mass is 19.1. The van der Waals surface area contributed by atoms with Crippen molar-refractivity contribution in [1.29, 1.82) is 0 Å². The smallest absolute Gasteiger partial charge is 0.193 e. The maximum Gasteiger partial charge on any atom is 0.193 e. The van der Waals surface area contributed by atoms with Gasteiger partial charge in [-0.25, -0.2) is 8.78 Å². The number of hydrogen-bond donors (Lipinski definition) is 1. The number of nitrogens with one attached hydrogen (secondary N) is 1. The highest BCUT2D eigenvalue weighted by Crippen LogP contribution is 2.26. The van der Waals surface area contributed by atoms with Crippen LogP contribution in [0, 0.1) is 17.6 Å². The van der Waals surface area contributed by atoms with Crippen LogP contribution < -0.4 is 5.32 Å². The van der Waals surface area contributed by atoms with Crippen molar-refractivity contribution in [2.75, 3.05) is 26.7 Å². The lowest BCUT2D eigenvalue weighted by Gasteiger charge is -2.34. The number of benzene rings is 1. The third-order valence-corrected chi connectivity index (χ3v) is 5.44. The molecule has 0 aromatic heterocycles. The van der Waals surface area contributed by atoms with Crippen LogP contribution in [0.2, 0.25) is 0 Å². The van der Waals surface area contributed by atoms with E-state index in [9.17, 15) is 8.78 Å². The van der Waals surface area contributed by atoms with E-state index in [0.29, 0.717) is 11.7 Å². The van der Waals surface area contributed by atoms with Crippen LogP contribution in [0.5, 0.6) is 0 Å². The molecule has 1 aromatic rings. The Bertz CT molecular complexity index is 609. The topological polar surface area (TPSA) is 36.9 Å². The molecule has 0 amide bonds. The normalized spacial score (nSPS) is 20.0. The zero-order valence-corrected chi connectivity index (χ0v) is 15.5. The van der Waals surface area contributed by atoms with Gasteiger partial charge in [-0.15, -0.1) is 0 Å². The van der Waals surface area contributed by atoms with E-state index in [2.05, 4.69) is 15.2 Å². The molecule has 2 aliphatic rings. The van der Waals surface area contributed by atoms with E-state index in [4.69, 9.17) is 4.74 Å². The molecule has 0 atom stereocenters. The molecular formula is C20H29F2N3O. The highest BCUT2D eigenvalue weighted by Gasteiger charge is 2.24. The summed E-state index contributed by atoms with van der Waals surface area (Å²) in [4.78, 5) is 6.45. The number of rotatable bonds is 5. The predicted molar refractivity (Wildman–Crippen MR) is 99.1 cm³/mol. The van der Waals surface area contributed by atoms with Crippen molar-refractivity contribution in [3.63, 3.8) is 0 Å². The van der Waals surface area contributed by atoms with Gasteiger partial charge in [0.2, 0.25) is 0 Å². The molecule has 1 aliphatic carbocycles. The van der Waals surface area contributed by atoms with E-state index in [1.807, 2.05) is 0 Å². The van der Waals surface area contributed by atoms with Crippen LogP contribution in [0.3, 0.4) is 0 Å². The van der Waals surface area contributed by atoms with Gasteiger partial charge in [-0.2, -0.15) is 0 Å². The van der Waals surface area contributed by atoms with Gasteiger partial charge in [0.25, 0.3) is 0 Å². The van der Waals surface area contributed by atoms with Crippen molar-refractivity contribution < 1.29 is 13.5 Å². The van der Waals surface area contributed by atoms with Crippen LogP contribution in [-0.4, -0.2) is 43.7 Å². The Morgan fingerprint density at radius 1 is 1.19 bits per heavy atom. The predicted octanol–water partition coefficient (Wildman–Crippen LogP) is 3.71. The van der Waals surface area contributed by atoms with E-state index >= 15 is 0 Å². The van der Waals surface area contributed by atoms with Crippen molar-refractivity contribution in [3.05, 3.63) is 35.4 Å². The number of aliphatic imine (C=N–C) groups is 1. The second-order valence-corrected chi connectivity index (χ2v) is 7.31. The van der Waals surface area contributed by atoms with Crippen molar-refractivity contribution >= 4 is 5.96 Å². The Labute approximate surface area is 154 Å². The van der Waals surface area contributed by atoms with Gasteiger partial charge in [-0.3, -0.25) is 4.99 Å². The molecule has 0 radical (unpaired) electrons. The van der Waals surface area contributed by atoms with E-state index < -0.39 is 11.6 Å². The summed E-state index contributed by atoms with van der Waals surface area (Å²) in [5.74, 6) is 0.637. The van der Waals surface area contributed by atoms with Crippen molar-refractivity contribution in [2.45, 2.75) is 51.2 Å². The summed E-state index contributed by atoms with van der Waals surface area (Å²) >= 11 is 0. The number of ether oxygens (including phenoxy) is 1. The van der Waals surface area contributed by atoms with Gasteiger partial charge >= 0.3 is 0 Å². The van der Waals surface area contributed by atoms with Crippen molar-refractivity contribution in [3.8, 4) is 0 Å². The highest BCUT2D eigenvalue weighted by molar-refractivity contribution is 5.79. The first-order valence-electron chi connectivity index (χ1n) is 9.67. The Kier molecular flexibility index (Phi) is 6.83. The summed E-state index contributed by atoms with van der Waals surface area (Å²) in [5, 5.41) is 3.14. The quantitative estimate of drug-likeness (QED) is 0.638. The minimum Gasteiger partial charge on any atom is -0.378 e. The second-order valence-electron chi connectivity index (χ2n) is 7.31. The number of likely N-dealkylation sites (tertiary alicyclic amines) is 1. The Balaban J connectivity index is 1.43. The minimum absolute atomic E-state index is 0.217. The molecule has 2 fully saturated rings. The van der Waals surface area contributed by atoms with Gasteiger partial charge in [-0.1, -0.05) is 12.8 Å². The molecule has 1 aromatic carbocycles. The van der Waals surface area contributed by atoms with Crippen LogP contribution in [0.4, 0.5) is 8.78 Å². The fourth-order valence-corrected chi connectivity index (χ4v) is 3.87. The summed E-state index contributed by atoms with van der Waals surface area (Å²) in [5.41, 5.74) is 0.306. The third kappa shape index (κ3) is 5.16. The summed E-state index contributed by atoms with van der Waals surface area (Å²) in [6, 6.07) is 3.50. The number of guanidine groups is 1. The van der Waals surface area contributed by atoms with Crippen molar-refractivity contribution in [2.24, 2.45) is 10.9 Å². The lowest BCUT2D eigenvalue weighted by molar-refractivity contribution is 0.00101. The summed E-state index contributed by atoms with van der Waals surface area (Å²) in [6.45, 7) is 2.84. The Hall–Kier alpha value is -1.69. The van der Waals surface area contributed by atoms with E-state index in [-0.39, 0.29) is 6.54 Å². The monoisotopic (exact) mass is 365 g/mol. The minimum atomic E-state index is -0.432. The maximum atomic E-state index is 13.8. The molecule has 144 valence electrons. The van der Waals surface area contributed by atoms with Crippen LogP contribution in [-0.2, 0) is 11.3 Å². The summed E-state index contributed by atoms with van der Waals surface area (Å²) < 4.78 is 33.1. The van der Waals surface area contributed by atoms with Gasteiger partial charge < -0.3 is 15.0 Å². The maximum absolute atomic E-state index is 13.8. The molecule has 1 aliphatic heterocycles. The molecule has 6 heteroatoms. The summed E-state index contributed by atoms with van der Waals surface area (Å²) in [6.07, 6.45) is 7.59. The first-order valence-corrected chi connectivity index (χ1v) is 9.67. The van der Waals surface area contributed by atoms with Gasteiger partial charge in [0.05, 0.1) is 6.10 Å². The average molecular weight is 365 g/mol. The Morgan fingerprint density at radius 3 is 2.62 bits per heavy atom. The molecule has 0 unspecified atom stereocenters. The molecule has 4 nitrogen and oxygen atoms in total. The van der Waals surface area contributed by atoms with E-state index in [0.717, 1.165) is 56.5 Å². The lowest BCUT2D eigenvalue weighted by atomic mass is 10.1. The zero-order chi connectivity index (χ0) is 18.4. The summed E-state index contributed by atoms with van der Waals surface area (Å²) in [7, 11) is 1.72. The Morgan fingerprint density at radius 2 is 1.92 bits per heavy atom. The molecule has 3 rings (SSSR count). The van der Waals surface area contributed by atoms with Crippen LogP contribution in [0.15, 0.2) is 23.2 Å². The number of piperidine rings is 1. The largest absolute Gasteiger partial charge is 0.378 e. The number of halogens is 2. The standard InChI is InChI=1S/C20H29F2N3O/c1-23-20(24-13-16-12-17(21)6-7-19(16)22)25-10-8-18(9-11-25)26-14-15-4-2-3-5-15/h6-7,12,15,18H,2-5,8-11,13-14H2,1H3,(H,23,24).